The number of amides is 1. The minimum atomic E-state index is -0.412. The summed E-state index contributed by atoms with van der Waals surface area (Å²) in [6, 6.07) is 16.0. The van der Waals surface area contributed by atoms with Crippen LogP contribution < -0.4 is 5.32 Å². The standard InChI is InChI=1S/C21H21N3O3S/c1-21(2,14-28-17-10-8-16(9-11-17)24(26)27)13-19(25)23-18-7-3-5-15-6-4-12-22-20(15)18/h3-12H,13-14H2,1-2H3,(H,23,25). The lowest BCUT2D eigenvalue weighted by molar-refractivity contribution is -0.384. The van der Waals surface area contributed by atoms with Gasteiger partial charge in [0.1, 0.15) is 0 Å². The average molecular weight is 395 g/mol. The van der Waals surface area contributed by atoms with E-state index in [0.717, 1.165) is 15.8 Å². The van der Waals surface area contributed by atoms with Crippen molar-refractivity contribution in [2.24, 2.45) is 5.41 Å². The molecule has 3 aromatic rings. The first-order valence-corrected chi connectivity index (χ1v) is 9.83. The Kier molecular flexibility index (Phi) is 5.94. The number of carbonyl (C=O) groups excluding carboxylic acids is 1. The number of para-hydroxylation sites is 1. The van der Waals surface area contributed by atoms with Crippen LogP contribution in [0.5, 0.6) is 0 Å². The fourth-order valence-electron chi connectivity index (χ4n) is 2.83. The number of nitro groups is 1. The fourth-order valence-corrected chi connectivity index (χ4v) is 3.82. The monoisotopic (exact) mass is 395 g/mol. The van der Waals surface area contributed by atoms with E-state index in [1.807, 2.05) is 44.2 Å². The summed E-state index contributed by atoms with van der Waals surface area (Å²) in [7, 11) is 0. The lowest BCUT2D eigenvalue weighted by atomic mass is 9.91. The van der Waals surface area contributed by atoms with E-state index in [1.165, 1.54) is 12.1 Å². The number of benzene rings is 2. The summed E-state index contributed by atoms with van der Waals surface area (Å²) in [6.07, 6.45) is 2.07. The Bertz CT molecular complexity index is 998. The average Bonchev–Trinajstić information content (AvgIpc) is 2.66. The second kappa shape index (κ2) is 8.39. The molecule has 1 aromatic heterocycles. The third kappa shape index (κ3) is 5.07. The van der Waals surface area contributed by atoms with Crippen molar-refractivity contribution in [3.63, 3.8) is 0 Å². The summed E-state index contributed by atoms with van der Waals surface area (Å²) >= 11 is 1.58. The molecular weight excluding hydrogens is 374 g/mol. The molecular formula is C21H21N3O3S. The summed E-state index contributed by atoms with van der Waals surface area (Å²) in [6.45, 7) is 4.07. The van der Waals surface area contributed by atoms with Crippen molar-refractivity contribution in [2.75, 3.05) is 11.1 Å². The molecule has 0 saturated carbocycles. The van der Waals surface area contributed by atoms with Crippen LogP contribution in [0.2, 0.25) is 0 Å². The number of rotatable bonds is 7. The number of pyridine rings is 1. The van der Waals surface area contributed by atoms with Crippen LogP contribution in [0.4, 0.5) is 11.4 Å². The lowest BCUT2D eigenvalue weighted by Crippen LogP contribution is -2.24. The van der Waals surface area contributed by atoms with Crippen LogP contribution in [0.25, 0.3) is 10.9 Å². The van der Waals surface area contributed by atoms with Crippen molar-refractivity contribution in [2.45, 2.75) is 25.2 Å². The highest BCUT2D eigenvalue weighted by Crippen LogP contribution is 2.32. The van der Waals surface area contributed by atoms with Crippen molar-refractivity contribution in [3.05, 3.63) is 70.9 Å². The van der Waals surface area contributed by atoms with Gasteiger partial charge in [-0.3, -0.25) is 19.9 Å². The van der Waals surface area contributed by atoms with Crippen LogP contribution in [-0.2, 0) is 4.79 Å². The van der Waals surface area contributed by atoms with E-state index in [2.05, 4.69) is 10.3 Å². The van der Waals surface area contributed by atoms with Gasteiger partial charge in [0.25, 0.3) is 5.69 Å². The van der Waals surface area contributed by atoms with Crippen molar-refractivity contribution in [3.8, 4) is 0 Å². The maximum Gasteiger partial charge on any atom is 0.269 e. The molecule has 7 heteroatoms. The first-order chi connectivity index (χ1) is 13.3. The summed E-state index contributed by atoms with van der Waals surface area (Å²) in [5, 5.41) is 14.7. The Labute approximate surface area is 167 Å². The van der Waals surface area contributed by atoms with Gasteiger partial charge < -0.3 is 5.32 Å². The van der Waals surface area contributed by atoms with Gasteiger partial charge in [0, 0.05) is 40.8 Å². The maximum atomic E-state index is 12.6. The molecule has 3 rings (SSSR count). The molecule has 0 aliphatic heterocycles. The SMILES string of the molecule is CC(C)(CSc1ccc([N+](=O)[O-])cc1)CC(=O)Nc1cccc2cccnc12. The molecule has 0 aliphatic rings. The Morgan fingerprint density at radius 2 is 1.86 bits per heavy atom. The molecule has 0 unspecified atom stereocenters. The molecule has 0 radical (unpaired) electrons. The molecule has 1 N–H and O–H groups in total. The van der Waals surface area contributed by atoms with Gasteiger partial charge in [0.05, 0.1) is 16.1 Å². The topological polar surface area (TPSA) is 85.1 Å². The van der Waals surface area contributed by atoms with Gasteiger partial charge in [-0.1, -0.05) is 32.0 Å². The van der Waals surface area contributed by atoms with Gasteiger partial charge in [-0.2, -0.15) is 0 Å². The smallest absolute Gasteiger partial charge is 0.269 e. The summed E-state index contributed by atoms with van der Waals surface area (Å²) in [5.41, 5.74) is 1.32. The van der Waals surface area contributed by atoms with Crippen LogP contribution in [0, 0.1) is 15.5 Å². The van der Waals surface area contributed by atoms with Gasteiger partial charge >= 0.3 is 0 Å². The molecule has 144 valence electrons. The number of non-ortho nitro benzene ring substituents is 1. The molecule has 6 nitrogen and oxygen atoms in total. The highest BCUT2D eigenvalue weighted by Gasteiger charge is 2.23. The lowest BCUT2D eigenvalue weighted by Gasteiger charge is -2.23. The molecule has 1 amide bonds. The number of thioether (sulfide) groups is 1. The highest BCUT2D eigenvalue weighted by molar-refractivity contribution is 7.99. The van der Waals surface area contributed by atoms with E-state index < -0.39 is 4.92 Å². The second-order valence-electron chi connectivity index (χ2n) is 7.31. The molecule has 0 saturated heterocycles. The second-order valence-corrected chi connectivity index (χ2v) is 8.36. The normalized spacial score (nSPS) is 11.4. The Morgan fingerprint density at radius 1 is 1.14 bits per heavy atom. The number of fused-ring (bicyclic) bond motifs is 1. The Balaban J connectivity index is 1.60. The molecule has 1 heterocycles. The predicted octanol–water partition coefficient (Wildman–Crippen LogP) is 5.29. The van der Waals surface area contributed by atoms with Crippen molar-refractivity contribution in [1.82, 2.24) is 4.98 Å². The molecule has 2 aromatic carbocycles. The molecule has 28 heavy (non-hydrogen) atoms. The fraction of sp³-hybridized carbons (Fsp3) is 0.238. The molecule has 0 spiro atoms. The van der Waals surface area contributed by atoms with Gasteiger partial charge in [-0.15, -0.1) is 11.8 Å². The first-order valence-electron chi connectivity index (χ1n) is 8.85. The molecule has 0 atom stereocenters. The van der Waals surface area contributed by atoms with E-state index in [-0.39, 0.29) is 17.0 Å². The van der Waals surface area contributed by atoms with Crippen LogP contribution in [-0.4, -0.2) is 21.6 Å². The number of hydrogen-bond donors (Lipinski definition) is 1. The minimum absolute atomic E-state index is 0.0625. The number of nitrogens with zero attached hydrogens (tertiary/aromatic N) is 2. The van der Waals surface area contributed by atoms with E-state index >= 15 is 0 Å². The zero-order chi connectivity index (χ0) is 20.1. The number of carbonyl (C=O) groups is 1. The number of nitrogens with one attached hydrogen (secondary N) is 1. The van der Waals surface area contributed by atoms with Crippen molar-refractivity contribution >= 4 is 39.9 Å². The molecule has 0 fully saturated rings. The number of hydrogen-bond acceptors (Lipinski definition) is 5. The molecule has 0 bridgehead atoms. The minimum Gasteiger partial charge on any atom is -0.324 e. The van der Waals surface area contributed by atoms with E-state index in [4.69, 9.17) is 0 Å². The number of aromatic nitrogens is 1. The van der Waals surface area contributed by atoms with Crippen LogP contribution in [0.15, 0.2) is 65.7 Å². The third-order valence-corrected chi connectivity index (χ3v) is 5.75. The summed E-state index contributed by atoms with van der Waals surface area (Å²) < 4.78 is 0. The Morgan fingerprint density at radius 3 is 2.57 bits per heavy atom. The maximum absolute atomic E-state index is 12.6. The first kappa shape index (κ1) is 19.8. The van der Waals surface area contributed by atoms with Gasteiger partial charge in [-0.25, -0.2) is 0 Å². The highest BCUT2D eigenvalue weighted by atomic mass is 32.2. The van der Waals surface area contributed by atoms with Gasteiger partial charge in [-0.05, 0) is 29.7 Å². The summed E-state index contributed by atoms with van der Waals surface area (Å²) in [4.78, 5) is 28.2. The van der Waals surface area contributed by atoms with Crippen LogP contribution in [0.3, 0.4) is 0 Å². The quantitative estimate of drug-likeness (QED) is 0.334. The largest absolute Gasteiger partial charge is 0.324 e. The zero-order valence-corrected chi connectivity index (χ0v) is 16.5. The van der Waals surface area contributed by atoms with E-state index in [9.17, 15) is 14.9 Å². The van der Waals surface area contributed by atoms with Crippen molar-refractivity contribution < 1.29 is 9.72 Å². The van der Waals surface area contributed by atoms with Gasteiger partial charge in [0.15, 0.2) is 0 Å². The Hall–Kier alpha value is -2.93. The number of nitro benzene ring substituents is 1. The third-order valence-electron chi connectivity index (χ3n) is 4.22. The molecule has 0 aliphatic carbocycles. The summed E-state index contributed by atoms with van der Waals surface area (Å²) in [5.74, 6) is 0.652. The predicted molar refractivity (Wildman–Crippen MR) is 113 cm³/mol. The van der Waals surface area contributed by atoms with Crippen LogP contribution in [0.1, 0.15) is 20.3 Å². The van der Waals surface area contributed by atoms with E-state index in [0.29, 0.717) is 17.9 Å². The van der Waals surface area contributed by atoms with Gasteiger partial charge in [0.2, 0.25) is 5.91 Å². The van der Waals surface area contributed by atoms with E-state index in [1.54, 1.807) is 30.1 Å². The zero-order valence-electron chi connectivity index (χ0n) is 15.7. The van der Waals surface area contributed by atoms with Crippen LogP contribution >= 0.6 is 11.8 Å². The van der Waals surface area contributed by atoms with Crippen molar-refractivity contribution in [1.29, 1.82) is 0 Å². The number of anilines is 1.